The van der Waals surface area contributed by atoms with E-state index in [1.807, 2.05) is 20.8 Å². The quantitative estimate of drug-likeness (QED) is 0.677. The van der Waals surface area contributed by atoms with Gasteiger partial charge in [-0.15, -0.1) is 0 Å². The average Bonchev–Trinajstić information content (AvgIpc) is 1.97. The van der Waals surface area contributed by atoms with Gasteiger partial charge in [0.25, 0.3) is 10.1 Å². The lowest BCUT2D eigenvalue weighted by Gasteiger charge is -2.38. The van der Waals surface area contributed by atoms with Gasteiger partial charge in [-0.05, 0) is 17.8 Å². The highest BCUT2D eigenvalue weighted by Crippen LogP contribution is 2.40. The van der Waals surface area contributed by atoms with Crippen molar-refractivity contribution < 1.29 is 17.4 Å². The van der Waals surface area contributed by atoms with Gasteiger partial charge in [0.2, 0.25) is 0 Å². The fraction of sp³-hybridized carbons (Fsp3) is 0.900. The Morgan fingerprint density at radius 1 is 1.40 bits per heavy atom. The fourth-order valence-corrected chi connectivity index (χ4v) is 2.40. The minimum absolute atomic E-state index is 0.0523. The molecule has 0 aromatic carbocycles. The molecule has 1 saturated carbocycles. The molecule has 2 atom stereocenters. The molecule has 0 saturated heterocycles. The topological polar surface area (TPSA) is 60.4 Å². The van der Waals surface area contributed by atoms with Crippen LogP contribution < -0.4 is 0 Å². The Morgan fingerprint density at radius 2 is 1.93 bits per heavy atom. The maximum atomic E-state index is 11.6. The van der Waals surface area contributed by atoms with E-state index in [0.717, 1.165) is 6.26 Å². The molecule has 0 aromatic rings. The molecule has 0 N–H and O–H groups in total. The number of hydrogen-bond donors (Lipinski definition) is 0. The number of Topliss-reactive ketones (excluding diaryl/α,β-unsaturated/α-hetero) is 1. The van der Waals surface area contributed by atoms with Crippen LogP contribution in [0.5, 0.6) is 0 Å². The van der Waals surface area contributed by atoms with Gasteiger partial charge >= 0.3 is 0 Å². The SMILES string of the molecule is C[C@H]1CC(=O)[C@H](OS(C)(=O)=O)CC1(C)C. The number of ketones is 1. The van der Waals surface area contributed by atoms with Crippen molar-refractivity contribution in [2.75, 3.05) is 6.26 Å². The zero-order valence-corrected chi connectivity index (χ0v) is 10.4. The highest BCUT2D eigenvalue weighted by Gasteiger charge is 2.40. The first-order chi connectivity index (χ1) is 6.62. The molecule has 0 unspecified atom stereocenters. The van der Waals surface area contributed by atoms with Crippen LogP contribution in [0, 0.1) is 11.3 Å². The molecule has 1 fully saturated rings. The van der Waals surface area contributed by atoms with Gasteiger partial charge in [-0.3, -0.25) is 8.98 Å². The number of rotatable bonds is 2. The van der Waals surface area contributed by atoms with Crippen LogP contribution in [0.3, 0.4) is 0 Å². The van der Waals surface area contributed by atoms with Crippen LogP contribution in [-0.4, -0.2) is 26.6 Å². The number of hydrogen-bond acceptors (Lipinski definition) is 4. The molecule has 5 heteroatoms. The Kier molecular flexibility index (Phi) is 3.26. The first-order valence-corrected chi connectivity index (χ1v) is 6.84. The van der Waals surface area contributed by atoms with Gasteiger partial charge in [0.1, 0.15) is 6.10 Å². The Balaban J connectivity index is 2.80. The summed E-state index contributed by atoms with van der Waals surface area (Å²) >= 11 is 0. The van der Waals surface area contributed by atoms with Gasteiger partial charge < -0.3 is 0 Å². The molecule has 0 spiro atoms. The fourth-order valence-electron chi connectivity index (χ4n) is 1.80. The second-order valence-electron chi connectivity index (χ2n) is 5.05. The summed E-state index contributed by atoms with van der Waals surface area (Å²) in [6, 6.07) is 0. The first-order valence-electron chi connectivity index (χ1n) is 5.03. The molecule has 0 bridgehead atoms. The van der Waals surface area contributed by atoms with Gasteiger partial charge in [-0.25, -0.2) is 0 Å². The standard InChI is InChI=1S/C10H18O4S/c1-7-5-8(11)9(6-10(7,2)3)14-15(4,12)13/h7,9H,5-6H2,1-4H3/t7-,9+/m0/s1. The van der Waals surface area contributed by atoms with Crippen LogP contribution in [0.15, 0.2) is 0 Å². The third kappa shape index (κ3) is 3.28. The molecule has 0 radical (unpaired) electrons. The molecule has 4 nitrogen and oxygen atoms in total. The van der Waals surface area contributed by atoms with Gasteiger partial charge in [0, 0.05) is 6.42 Å². The van der Waals surface area contributed by atoms with E-state index in [0.29, 0.717) is 12.8 Å². The molecule has 1 rings (SSSR count). The smallest absolute Gasteiger partial charge is 0.265 e. The third-order valence-corrected chi connectivity index (χ3v) is 3.78. The van der Waals surface area contributed by atoms with E-state index < -0.39 is 16.2 Å². The Labute approximate surface area is 91.1 Å². The molecule has 1 aliphatic carbocycles. The molecular formula is C10H18O4S. The molecule has 0 aliphatic heterocycles. The molecule has 15 heavy (non-hydrogen) atoms. The molecule has 0 amide bonds. The summed E-state index contributed by atoms with van der Waals surface area (Å²) in [5, 5.41) is 0. The zero-order valence-electron chi connectivity index (χ0n) is 9.61. The Bertz CT molecular complexity index is 356. The maximum absolute atomic E-state index is 11.6. The van der Waals surface area contributed by atoms with Crippen molar-refractivity contribution in [3.8, 4) is 0 Å². The van der Waals surface area contributed by atoms with Crippen molar-refractivity contribution in [1.82, 2.24) is 0 Å². The Morgan fingerprint density at radius 3 is 2.40 bits per heavy atom. The normalized spacial score (nSPS) is 31.6. The van der Waals surface area contributed by atoms with Crippen LogP contribution in [0.1, 0.15) is 33.6 Å². The highest BCUT2D eigenvalue weighted by atomic mass is 32.2. The minimum atomic E-state index is -3.55. The predicted molar refractivity (Wildman–Crippen MR) is 56.9 cm³/mol. The van der Waals surface area contributed by atoms with Crippen LogP contribution in [0.4, 0.5) is 0 Å². The summed E-state index contributed by atoms with van der Waals surface area (Å²) in [6.45, 7) is 6.07. The summed E-state index contributed by atoms with van der Waals surface area (Å²) in [4.78, 5) is 11.6. The van der Waals surface area contributed by atoms with Crippen molar-refractivity contribution in [1.29, 1.82) is 0 Å². The molecule has 88 valence electrons. The minimum Gasteiger partial charge on any atom is -0.297 e. The summed E-state index contributed by atoms with van der Waals surface area (Å²) in [5.41, 5.74) is -0.0523. The van der Waals surface area contributed by atoms with Crippen LogP contribution in [0.25, 0.3) is 0 Å². The van der Waals surface area contributed by atoms with Gasteiger partial charge in [0.15, 0.2) is 5.78 Å². The van der Waals surface area contributed by atoms with E-state index in [2.05, 4.69) is 0 Å². The van der Waals surface area contributed by atoms with Crippen molar-refractivity contribution in [3.63, 3.8) is 0 Å². The largest absolute Gasteiger partial charge is 0.297 e. The maximum Gasteiger partial charge on any atom is 0.265 e. The van der Waals surface area contributed by atoms with E-state index in [9.17, 15) is 13.2 Å². The lowest BCUT2D eigenvalue weighted by atomic mass is 9.68. The van der Waals surface area contributed by atoms with E-state index in [4.69, 9.17) is 4.18 Å². The average molecular weight is 234 g/mol. The zero-order chi connectivity index (χ0) is 11.9. The molecule has 1 aliphatic rings. The summed E-state index contributed by atoms with van der Waals surface area (Å²) in [5.74, 6) is 0.164. The van der Waals surface area contributed by atoms with Crippen molar-refractivity contribution in [3.05, 3.63) is 0 Å². The Hall–Kier alpha value is -0.420. The van der Waals surface area contributed by atoms with Crippen LogP contribution in [0.2, 0.25) is 0 Å². The molecular weight excluding hydrogens is 216 g/mol. The predicted octanol–water partition coefficient (Wildman–Crippen LogP) is 1.36. The van der Waals surface area contributed by atoms with Gasteiger partial charge in [-0.1, -0.05) is 20.8 Å². The van der Waals surface area contributed by atoms with Crippen LogP contribution >= 0.6 is 0 Å². The lowest BCUT2D eigenvalue weighted by molar-refractivity contribution is -0.133. The van der Waals surface area contributed by atoms with Gasteiger partial charge in [-0.2, -0.15) is 8.42 Å². The molecule has 0 heterocycles. The second kappa shape index (κ2) is 3.87. The number of carbonyl (C=O) groups is 1. The van der Waals surface area contributed by atoms with E-state index in [1.165, 1.54) is 0 Å². The second-order valence-corrected chi connectivity index (χ2v) is 6.65. The summed E-state index contributed by atoms with van der Waals surface area (Å²) in [6.07, 6.45) is 1.06. The monoisotopic (exact) mass is 234 g/mol. The highest BCUT2D eigenvalue weighted by molar-refractivity contribution is 7.86. The van der Waals surface area contributed by atoms with E-state index >= 15 is 0 Å². The summed E-state index contributed by atoms with van der Waals surface area (Å²) in [7, 11) is -3.55. The van der Waals surface area contributed by atoms with E-state index in [-0.39, 0.29) is 17.1 Å². The van der Waals surface area contributed by atoms with Crippen molar-refractivity contribution >= 4 is 15.9 Å². The van der Waals surface area contributed by atoms with Crippen LogP contribution in [-0.2, 0) is 19.1 Å². The molecule has 0 aromatic heterocycles. The lowest BCUT2D eigenvalue weighted by Crippen LogP contribution is -2.41. The first kappa shape index (κ1) is 12.6. The van der Waals surface area contributed by atoms with Crippen molar-refractivity contribution in [2.24, 2.45) is 11.3 Å². The third-order valence-electron chi connectivity index (χ3n) is 3.20. The summed E-state index contributed by atoms with van der Waals surface area (Å²) < 4.78 is 26.7. The number of carbonyl (C=O) groups excluding carboxylic acids is 1. The van der Waals surface area contributed by atoms with E-state index in [1.54, 1.807) is 0 Å². The van der Waals surface area contributed by atoms with Gasteiger partial charge in [0.05, 0.1) is 6.26 Å². The van der Waals surface area contributed by atoms with Crippen molar-refractivity contribution in [2.45, 2.75) is 39.7 Å².